The zero-order chi connectivity index (χ0) is 15.6. The van der Waals surface area contributed by atoms with Gasteiger partial charge in [0.25, 0.3) is 5.69 Å². The van der Waals surface area contributed by atoms with E-state index in [0.29, 0.717) is 12.8 Å². The Labute approximate surface area is 119 Å². The third kappa shape index (κ3) is 3.28. The van der Waals surface area contributed by atoms with Crippen molar-refractivity contribution in [3.05, 3.63) is 28.3 Å². The molecular formula is C13H14N2O6. The highest BCUT2D eigenvalue weighted by Gasteiger charge is 2.34. The highest BCUT2D eigenvalue weighted by molar-refractivity contribution is 5.94. The summed E-state index contributed by atoms with van der Waals surface area (Å²) in [6.07, 6.45) is 1.17. The first-order valence-electron chi connectivity index (χ1n) is 6.39. The molecule has 2 unspecified atom stereocenters. The Kier molecular flexibility index (Phi) is 4.06. The molecule has 1 aliphatic carbocycles. The second kappa shape index (κ2) is 5.78. The Morgan fingerprint density at radius 2 is 1.95 bits per heavy atom. The molecule has 0 radical (unpaired) electrons. The summed E-state index contributed by atoms with van der Waals surface area (Å²) in [5.41, 5.74) is -0.207. The van der Waals surface area contributed by atoms with E-state index >= 15 is 0 Å². The van der Waals surface area contributed by atoms with Crippen molar-refractivity contribution >= 4 is 23.3 Å². The number of rotatable bonds is 4. The number of aromatic hydroxyl groups is 1. The van der Waals surface area contributed by atoms with E-state index in [4.69, 9.17) is 5.11 Å². The van der Waals surface area contributed by atoms with Crippen molar-refractivity contribution in [2.75, 3.05) is 5.32 Å². The van der Waals surface area contributed by atoms with E-state index in [0.717, 1.165) is 6.07 Å². The van der Waals surface area contributed by atoms with Gasteiger partial charge >= 0.3 is 5.97 Å². The van der Waals surface area contributed by atoms with Gasteiger partial charge in [0, 0.05) is 12.0 Å². The van der Waals surface area contributed by atoms with Crippen LogP contribution in [0, 0.1) is 22.0 Å². The number of non-ortho nitro benzene ring substituents is 1. The van der Waals surface area contributed by atoms with Crippen LogP contribution >= 0.6 is 0 Å². The van der Waals surface area contributed by atoms with Crippen LogP contribution in [0.2, 0.25) is 0 Å². The van der Waals surface area contributed by atoms with Crippen LogP contribution in [0.4, 0.5) is 11.4 Å². The molecule has 0 aliphatic heterocycles. The van der Waals surface area contributed by atoms with Crippen LogP contribution in [0.3, 0.4) is 0 Å². The van der Waals surface area contributed by atoms with Gasteiger partial charge in [-0.05, 0) is 25.3 Å². The average Bonchev–Trinajstić information content (AvgIpc) is 2.90. The maximum Gasteiger partial charge on any atom is 0.306 e. The van der Waals surface area contributed by atoms with Crippen molar-refractivity contribution in [3.63, 3.8) is 0 Å². The molecule has 1 aliphatic rings. The van der Waals surface area contributed by atoms with Gasteiger partial charge in [0.1, 0.15) is 5.75 Å². The number of carbonyl (C=O) groups is 2. The van der Waals surface area contributed by atoms with Gasteiger partial charge in [-0.2, -0.15) is 0 Å². The number of phenolic OH excluding ortho intramolecular Hbond substituents is 1. The Morgan fingerprint density at radius 3 is 2.48 bits per heavy atom. The van der Waals surface area contributed by atoms with Gasteiger partial charge in [0.15, 0.2) is 0 Å². The minimum absolute atomic E-state index is 0.0735. The summed E-state index contributed by atoms with van der Waals surface area (Å²) >= 11 is 0. The fraction of sp³-hybridized carbons (Fsp3) is 0.385. The van der Waals surface area contributed by atoms with E-state index in [1.165, 1.54) is 12.1 Å². The van der Waals surface area contributed by atoms with Crippen LogP contribution in [-0.4, -0.2) is 27.0 Å². The van der Waals surface area contributed by atoms with E-state index in [2.05, 4.69) is 5.32 Å². The van der Waals surface area contributed by atoms with Crippen LogP contribution in [0.25, 0.3) is 0 Å². The first kappa shape index (κ1) is 14.8. The Hall–Kier alpha value is -2.64. The highest BCUT2D eigenvalue weighted by atomic mass is 16.6. The standard InChI is InChI=1S/C13H14N2O6/c16-11-6-9(15(20)21)3-4-10(11)14-12(17)7-1-2-8(5-7)13(18)19/h3-4,6-8,16H,1-2,5H2,(H,14,17)(H,18,19). The SMILES string of the molecule is O=C(O)C1CCC(C(=O)Nc2ccc([N+](=O)[O-])cc2O)C1. The lowest BCUT2D eigenvalue weighted by Gasteiger charge is -2.11. The molecular weight excluding hydrogens is 280 g/mol. The molecule has 1 aromatic rings. The number of nitro benzene ring substituents is 1. The number of carboxylic acid groups (broad SMARTS) is 1. The van der Waals surface area contributed by atoms with Crippen molar-refractivity contribution in [2.24, 2.45) is 11.8 Å². The minimum atomic E-state index is -0.913. The summed E-state index contributed by atoms with van der Waals surface area (Å²) in [6.45, 7) is 0. The van der Waals surface area contributed by atoms with Crippen LogP contribution in [0.1, 0.15) is 19.3 Å². The molecule has 0 aromatic heterocycles. The van der Waals surface area contributed by atoms with Gasteiger partial charge in [-0.3, -0.25) is 19.7 Å². The topological polar surface area (TPSA) is 130 Å². The van der Waals surface area contributed by atoms with Gasteiger partial charge in [-0.1, -0.05) is 0 Å². The summed E-state index contributed by atoms with van der Waals surface area (Å²) in [4.78, 5) is 32.7. The molecule has 2 atom stereocenters. The number of hydrogen-bond acceptors (Lipinski definition) is 5. The molecule has 2 rings (SSSR count). The maximum atomic E-state index is 12.0. The van der Waals surface area contributed by atoms with Gasteiger partial charge < -0.3 is 15.5 Å². The molecule has 3 N–H and O–H groups in total. The fourth-order valence-electron chi connectivity index (χ4n) is 2.42. The zero-order valence-electron chi connectivity index (χ0n) is 11.0. The number of hydrogen-bond donors (Lipinski definition) is 3. The van der Waals surface area contributed by atoms with Crippen LogP contribution < -0.4 is 5.32 Å². The van der Waals surface area contributed by atoms with Gasteiger partial charge in [-0.25, -0.2) is 0 Å². The van der Waals surface area contributed by atoms with Crippen LogP contribution in [-0.2, 0) is 9.59 Å². The molecule has 21 heavy (non-hydrogen) atoms. The average molecular weight is 294 g/mol. The molecule has 0 saturated heterocycles. The number of phenols is 1. The molecule has 1 fully saturated rings. The van der Waals surface area contributed by atoms with Crippen molar-refractivity contribution in [3.8, 4) is 5.75 Å². The molecule has 1 amide bonds. The Bertz CT molecular complexity index is 600. The first-order chi connectivity index (χ1) is 9.88. The fourth-order valence-corrected chi connectivity index (χ4v) is 2.42. The molecule has 8 nitrogen and oxygen atoms in total. The number of amides is 1. The lowest BCUT2D eigenvalue weighted by atomic mass is 10.0. The molecule has 0 heterocycles. The molecule has 112 valence electrons. The molecule has 0 spiro atoms. The number of nitrogens with zero attached hydrogens (tertiary/aromatic N) is 1. The van der Waals surface area contributed by atoms with Crippen LogP contribution in [0.15, 0.2) is 18.2 Å². The Balaban J connectivity index is 2.03. The summed E-state index contributed by atoms with van der Waals surface area (Å²) in [7, 11) is 0. The number of anilines is 1. The predicted octanol–water partition coefficient (Wildman–Crippen LogP) is 1.74. The number of nitro groups is 1. The summed E-state index contributed by atoms with van der Waals surface area (Å²) < 4.78 is 0. The van der Waals surface area contributed by atoms with Gasteiger partial charge in [0.05, 0.1) is 22.6 Å². The van der Waals surface area contributed by atoms with Gasteiger partial charge in [-0.15, -0.1) is 0 Å². The second-order valence-electron chi connectivity index (χ2n) is 4.99. The van der Waals surface area contributed by atoms with Crippen molar-refractivity contribution in [2.45, 2.75) is 19.3 Å². The largest absolute Gasteiger partial charge is 0.506 e. The smallest absolute Gasteiger partial charge is 0.306 e. The van der Waals surface area contributed by atoms with E-state index in [-0.39, 0.29) is 23.7 Å². The zero-order valence-corrected chi connectivity index (χ0v) is 11.0. The predicted molar refractivity (Wildman–Crippen MR) is 71.9 cm³/mol. The third-order valence-corrected chi connectivity index (χ3v) is 3.60. The summed E-state index contributed by atoms with van der Waals surface area (Å²) in [6, 6.07) is 3.36. The summed E-state index contributed by atoms with van der Waals surface area (Å²) in [5, 5.41) is 31.6. The third-order valence-electron chi connectivity index (χ3n) is 3.60. The van der Waals surface area contributed by atoms with Crippen molar-refractivity contribution in [1.29, 1.82) is 0 Å². The van der Waals surface area contributed by atoms with E-state index < -0.39 is 28.5 Å². The molecule has 8 heteroatoms. The number of aliphatic carboxylic acids is 1. The number of carbonyl (C=O) groups excluding carboxylic acids is 1. The highest BCUT2D eigenvalue weighted by Crippen LogP contribution is 2.33. The number of carboxylic acids is 1. The van der Waals surface area contributed by atoms with E-state index in [1.54, 1.807) is 0 Å². The maximum absolute atomic E-state index is 12.0. The lowest BCUT2D eigenvalue weighted by Crippen LogP contribution is -2.21. The van der Waals surface area contributed by atoms with E-state index in [9.17, 15) is 24.8 Å². The lowest BCUT2D eigenvalue weighted by molar-refractivity contribution is -0.384. The van der Waals surface area contributed by atoms with Crippen molar-refractivity contribution < 1.29 is 24.7 Å². The normalized spacial score (nSPS) is 21.0. The minimum Gasteiger partial charge on any atom is -0.506 e. The van der Waals surface area contributed by atoms with E-state index in [1.807, 2.05) is 0 Å². The number of nitrogens with one attached hydrogen (secondary N) is 1. The second-order valence-corrected chi connectivity index (χ2v) is 4.99. The Morgan fingerprint density at radius 1 is 1.29 bits per heavy atom. The monoisotopic (exact) mass is 294 g/mol. The quantitative estimate of drug-likeness (QED) is 0.440. The van der Waals surface area contributed by atoms with Gasteiger partial charge in [0.2, 0.25) is 5.91 Å². The molecule has 0 bridgehead atoms. The summed E-state index contributed by atoms with van der Waals surface area (Å²) in [5.74, 6) is -2.65. The molecule has 1 aromatic carbocycles. The van der Waals surface area contributed by atoms with Crippen LogP contribution in [0.5, 0.6) is 5.75 Å². The number of benzene rings is 1. The molecule has 1 saturated carbocycles. The van der Waals surface area contributed by atoms with Crippen molar-refractivity contribution in [1.82, 2.24) is 0 Å². The first-order valence-corrected chi connectivity index (χ1v) is 6.39.